The molecule has 1 fully saturated rings. The second-order valence-electron chi connectivity index (χ2n) is 10.3. The quantitative estimate of drug-likeness (QED) is 0.672. The molecule has 0 spiro atoms. The Morgan fingerprint density at radius 3 is 2.41 bits per heavy atom. The van der Waals surface area contributed by atoms with Crippen molar-refractivity contribution in [2.24, 2.45) is 0 Å². The predicted molar refractivity (Wildman–Crippen MR) is 132 cm³/mol. The average Bonchev–Trinajstić information content (AvgIpc) is 3.23. The molecule has 1 aliphatic carbocycles. The summed E-state index contributed by atoms with van der Waals surface area (Å²) in [6.45, 7) is 6.70. The lowest BCUT2D eigenvalue weighted by Crippen LogP contribution is -2.64. The van der Waals surface area contributed by atoms with E-state index in [2.05, 4.69) is 24.3 Å². The molecule has 7 nitrogen and oxygen atoms in total. The van der Waals surface area contributed by atoms with Crippen molar-refractivity contribution >= 4 is 11.8 Å². The molecule has 2 aliphatic rings. The molecule has 0 radical (unpaired) electrons. The van der Waals surface area contributed by atoms with E-state index in [0.29, 0.717) is 18.8 Å². The summed E-state index contributed by atoms with van der Waals surface area (Å²) in [6.07, 6.45) is 8.00. The van der Waals surface area contributed by atoms with E-state index >= 15 is 0 Å². The first-order valence-electron chi connectivity index (χ1n) is 12.7. The summed E-state index contributed by atoms with van der Waals surface area (Å²) in [4.78, 5) is 29.3. The number of fused-ring (bicyclic) bond motifs is 1. The number of methoxy groups -OCH3 is 1. The lowest BCUT2D eigenvalue weighted by Gasteiger charge is -2.44. The van der Waals surface area contributed by atoms with Crippen LogP contribution >= 0.6 is 0 Å². The second-order valence-corrected chi connectivity index (χ2v) is 10.3. The largest absolute Gasteiger partial charge is 0.497 e. The number of amides is 2. The van der Waals surface area contributed by atoms with Gasteiger partial charge in [0.05, 0.1) is 19.3 Å². The summed E-state index contributed by atoms with van der Waals surface area (Å²) in [7, 11) is 1.63. The van der Waals surface area contributed by atoms with Gasteiger partial charge in [-0.15, -0.1) is 0 Å². The van der Waals surface area contributed by atoms with Crippen molar-refractivity contribution in [1.82, 2.24) is 20.0 Å². The van der Waals surface area contributed by atoms with Gasteiger partial charge >= 0.3 is 0 Å². The van der Waals surface area contributed by atoms with E-state index in [-0.39, 0.29) is 23.8 Å². The maximum Gasteiger partial charge on any atom is 0.273 e. The zero-order valence-corrected chi connectivity index (χ0v) is 21.0. The van der Waals surface area contributed by atoms with E-state index in [1.807, 2.05) is 37.3 Å². The van der Waals surface area contributed by atoms with E-state index in [1.165, 1.54) is 19.3 Å². The number of nitrogens with zero attached hydrogens (tertiary/aromatic N) is 3. The maximum atomic E-state index is 13.8. The van der Waals surface area contributed by atoms with Gasteiger partial charge in [-0.1, -0.05) is 58.1 Å². The van der Waals surface area contributed by atoms with E-state index < -0.39 is 5.54 Å². The fraction of sp³-hybridized carbons (Fsp3) is 0.593. The normalized spacial score (nSPS) is 21.7. The van der Waals surface area contributed by atoms with Crippen molar-refractivity contribution in [1.29, 1.82) is 0 Å². The first-order chi connectivity index (χ1) is 16.3. The minimum Gasteiger partial charge on any atom is -0.497 e. The van der Waals surface area contributed by atoms with Gasteiger partial charge in [0.15, 0.2) is 0 Å². The van der Waals surface area contributed by atoms with Gasteiger partial charge in [-0.3, -0.25) is 14.3 Å². The number of rotatable bonds is 6. The molecule has 34 heavy (non-hydrogen) atoms. The molecule has 1 aliphatic heterocycles. The molecule has 1 aromatic heterocycles. The first kappa shape index (κ1) is 24.3. The Labute approximate surface area is 202 Å². The maximum absolute atomic E-state index is 13.8. The number of hydrogen-bond acceptors (Lipinski definition) is 4. The van der Waals surface area contributed by atoms with Crippen LogP contribution in [0.3, 0.4) is 0 Å². The summed E-state index contributed by atoms with van der Waals surface area (Å²) in [5, 5.41) is 8.01. The summed E-state index contributed by atoms with van der Waals surface area (Å²) < 4.78 is 7.01. The van der Waals surface area contributed by atoms with E-state index in [0.717, 1.165) is 42.7 Å². The zero-order valence-electron chi connectivity index (χ0n) is 21.0. The molecule has 1 atom stereocenters. The smallest absolute Gasteiger partial charge is 0.273 e. The van der Waals surface area contributed by atoms with Crippen LogP contribution < -0.4 is 10.1 Å². The standard InChI is InChI=1S/C27H38N4O3/c1-19(2)23-16-24-25(32)30(17-20-12-14-22(34-4)15-13-20)27(3,18-31(24)29-23)26(33)28-21-10-8-6-5-7-9-11-21/h12-16,19,21H,5-11,17-18H2,1-4H3,(H,28,33). The second kappa shape index (κ2) is 10.2. The van der Waals surface area contributed by atoms with Crippen molar-refractivity contribution in [2.75, 3.05) is 7.11 Å². The van der Waals surface area contributed by atoms with Gasteiger partial charge < -0.3 is 15.0 Å². The van der Waals surface area contributed by atoms with E-state index in [4.69, 9.17) is 4.74 Å². The fourth-order valence-corrected chi connectivity index (χ4v) is 5.05. The molecular formula is C27H38N4O3. The molecule has 1 unspecified atom stereocenters. The highest BCUT2D eigenvalue weighted by Crippen LogP contribution is 2.31. The number of carbonyl (C=O) groups is 2. The summed E-state index contributed by atoms with van der Waals surface area (Å²) in [5.41, 5.74) is 1.34. The van der Waals surface area contributed by atoms with Gasteiger partial charge in [0.1, 0.15) is 17.0 Å². The Balaban J connectivity index is 1.64. The molecule has 1 saturated carbocycles. The monoisotopic (exact) mass is 466 g/mol. The topological polar surface area (TPSA) is 76.5 Å². The van der Waals surface area contributed by atoms with E-state index in [1.54, 1.807) is 16.7 Å². The number of benzene rings is 1. The third-order valence-corrected chi connectivity index (χ3v) is 7.34. The Morgan fingerprint density at radius 1 is 1.15 bits per heavy atom. The van der Waals surface area contributed by atoms with Crippen molar-refractivity contribution in [3.05, 3.63) is 47.3 Å². The van der Waals surface area contributed by atoms with Gasteiger partial charge in [0.2, 0.25) is 5.91 Å². The fourth-order valence-electron chi connectivity index (χ4n) is 5.05. The molecule has 0 bridgehead atoms. The first-order valence-corrected chi connectivity index (χ1v) is 12.7. The van der Waals surface area contributed by atoms with Gasteiger partial charge in [0.25, 0.3) is 5.91 Å². The molecular weight excluding hydrogens is 428 g/mol. The highest BCUT2D eigenvalue weighted by atomic mass is 16.5. The average molecular weight is 467 g/mol. The number of nitrogens with one attached hydrogen (secondary N) is 1. The van der Waals surface area contributed by atoms with Crippen molar-refractivity contribution < 1.29 is 14.3 Å². The SMILES string of the molecule is COc1ccc(CN2C(=O)c3cc(C(C)C)nn3CC2(C)C(=O)NC2CCCCCCC2)cc1. The molecule has 1 N–H and O–H groups in total. The van der Waals surface area contributed by atoms with Crippen LogP contribution in [0.2, 0.25) is 0 Å². The van der Waals surface area contributed by atoms with E-state index in [9.17, 15) is 9.59 Å². The number of hydrogen-bond donors (Lipinski definition) is 1. The predicted octanol–water partition coefficient (Wildman–Crippen LogP) is 4.66. The highest BCUT2D eigenvalue weighted by molar-refractivity contribution is 5.99. The minimum absolute atomic E-state index is 0.0906. The molecule has 4 rings (SSSR count). The molecule has 2 amide bonds. The molecule has 2 aromatic rings. The van der Waals surface area contributed by atoms with Crippen LogP contribution in [0.25, 0.3) is 0 Å². The van der Waals surface area contributed by atoms with Gasteiger partial charge in [0, 0.05) is 12.6 Å². The third kappa shape index (κ3) is 4.98. The molecule has 0 saturated heterocycles. The highest BCUT2D eigenvalue weighted by Gasteiger charge is 2.48. The van der Waals surface area contributed by atoms with Crippen LogP contribution in [0.15, 0.2) is 30.3 Å². The van der Waals surface area contributed by atoms with Crippen LogP contribution in [-0.2, 0) is 17.9 Å². The molecule has 184 valence electrons. The van der Waals surface area contributed by atoms with Crippen LogP contribution in [0, 0.1) is 0 Å². The Kier molecular flexibility index (Phi) is 7.29. The Bertz CT molecular complexity index is 1010. The Morgan fingerprint density at radius 2 is 1.79 bits per heavy atom. The van der Waals surface area contributed by atoms with Crippen LogP contribution in [0.5, 0.6) is 5.75 Å². The van der Waals surface area contributed by atoms with Crippen LogP contribution in [-0.4, -0.2) is 45.2 Å². The number of carbonyl (C=O) groups excluding carboxylic acids is 2. The van der Waals surface area contributed by atoms with Gasteiger partial charge in [-0.05, 0) is 49.4 Å². The lowest BCUT2D eigenvalue weighted by atomic mass is 9.91. The lowest BCUT2D eigenvalue weighted by molar-refractivity contribution is -0.134. The molecule has 2 heterocycles. The molecule has 1 aromatic carbocycles. The zero-order chi connectivity index (χ0) is 24.3. The summed E-state index contributed by atoms with van der Waals surface area (Å²) >= 11 is 0. The van der Waals surface area contributed by atoms with Crippen LogP contribution in [0.4, 0.5) is 0 Å². The van der Waals surface area contributed by atoms with Crippen molar-refractivity contribution in [3.63, 3.8) is 0 Å². The minimum atomic E-state index is -1.04. The summed E-state index contributed by atoms with van der Waals surface area (Å²) in [5.74, 6) is 0.720. The third-order valence-electron chi connectivity index (χ3n) is 7.34. The number of aromatic nitrogens is 2. The number of ether oxygens (including phenoxy) is 1. The summed E-state index contributed by atoms with van der Waals surface area (Å²) in [6, 6.07) is 9.70. The Hall–Kier alpha value is -2.83. The van der Waals surface area contributed by atoms with Crippen molar-refractivity contribution in [3.8, 4) is 5.75 Å². The van der Waals surface area contributed by atoms with Gasteiger partial charge in [-0.2, -0.15) is 5.10 Å². The van der Waals surface area contributed by atoms with Gasteiger partial charge in [-0.25, -0.2) is 0 Å². The van der Waals surface area contributed by atoms with Crippen molar-refractivity contribution in [2.45, 2.75) is 96.3 Å². The van der Waals surface area contributed by atoms with Crippen LogP contribution in [0.1, 0.15) is 93.4 Å². The molecule has 7 heteroatoms.